The van der Waals surface area contributed by atoms with Crippen LogP contribution in [-0.2, 0) is 19.6 Å². The minimum absolute atomic E-state index is 0.100. The Morgan fingerprint density at radius 1 is 1.09 bits per heavy atom. The van der Waals surface area contributed by atoms with Gasteiger partial charge < -0.3 is 15.3 Å². The van der Waals surface area contributed by atoms with Gasteiger partial charge in [-0.25, -0.2) is 14.8 Å². The summed E-state index contributed by atoms with van der Waals surface area (Å²) in [5, 5.41) is 13.4. The average Bonchev–Trinajstić information content (AvgIpc) is 3.28. The second-order valence-electron chi connectivity index (χ2n) is 8.53. The van der Waals surface area contributed by atoms with E-state index in [4.69, 9.17) is 16.6 Å². The van der Waals surface area contributed by atoms with Crippen LogP contribution in [0, 0.1) is 0 Å². The minimum atomic E-state index is -1.18. The molecule has 0 saturated heterocycles. The monoisotopic (exact) mass is 489 g/mol. The van der Waals surface area contributed by atoms with E-state index in [0.717, 1.165) is 5.56 Å². The first-order valence-corrected chi connectivity index (χ1v) is 11.8. The smallest absolute Gasteiger partial charge is 0.356 e. The van der Waals surface area contributed by atoms with Gasteiger partial charge in [0, 0.05) is 25.2 Å². The quantitative estimate of drug-likeness (QED) is 0.373. The van der Waals surface area contributed by atoms with Crippen molar-refractivity contribution >= 4 is 40.1 Å². The highest BCUT2D eigenvalue weighted by Gasteiger charge is 2.25. The van der Waals surface area contributed by atoms with Crippen molar-refractivity contribution in [1.29, 1.82) is 0 Å². The zero-order valence-corrected chi connectivity index (χ0v) is 20.1. The Balaban J connectivity index is 1.59. The third kappa shape index (κ3) is 4.10. The molecule has 3 heterocycles. The lowest BCUT2D eigenvalue weighted by Crippen LogP contribution is -2.30. The molecule has 0 bridgehead atoms. The van der Waals surface area contributed by atoms with Gasteiger partial charge in [0.25, 0.3) is 5.56 Å². The predicted molar refractivity (Wildman–Crippen MR) is 136 cm³/mol. The minimum Gasteiger partial charge on any atom is -0.476 e. The molecule has 4 aromatic rings. The number of carboxylic acids is 1. The zero-order valence-electron chi connectivity index (χ0n) is 19.3. The lowest BCUT2D eigenvalue weighted by molar-refractivity contribution is 0.0691. The van der Waals surface area contributed by atoms with Gasteiger partial charge in [0.1, 0.15) is 5.15 Å². The molecule has 5 rings (SSSR count). The zero-order chi connectivity index (χ0) is 24.7. The number of hydrogen-bond donors (Lipinski definition) is 2. The highest BCUT2D eigenvalue weighted by molar-refractivity contribution is 6.29. The number of carboxylic acid groups (broad SMARTS) is 1. The highest BCUT2D eigenvalue weighted by atomic mass is 35.5. The van der Waals surface area contributed by atoms with Crippen LogP contribution in [0.25, 0.3) is 10.9 Å². The lowest BCUT2D eigenvalue weighted by Gasteiger charge is -2.23. The molecule has 178 valence electrons. The molecule has 0 aliphatic carbocycles. The fraction of sp³-hybridized carbons (Fsp3) is 0.231. The van der Waals surface area contributed by atoms with Crippen LogP contribution < -0.4 is 15.8 Å². The van der Waals surface area contributed by atoms with E-state index in [9.17, 15) is 14.7 Å². The molecule has 0 radical (unpaired) electrons. The van der Waals surface area contributed by atoms with Crippen LogP contribution in [-0.4, -0.2) is 25.6 Å². The number of carbonyl (C=O) groups is 1. The van der Waals surface area contributed by atoms with Gasteiger partial charge in [-0.2, -0.15) is 0 Å². The number of aromatic nitrogens is 3. The van der Waals surface area contributed by atoms with Crippen LogP contribution in [0.2, 0.25) is 5.15 Å². The van der Waals surface area contributed by atoms with Crippen LogP contribution in [0.1, 0.15) is 47.1 Å². The molecule has 0 unspecified atom stereocenters. The van der Waals surface area contributed by atoms with Crippen LogP contribution >= 0.6 is 11.6 Å². The number of pyridine rings is 1. The van der Waals surface area contributed by atoms with Crippen molar-refractivity contribution in [2.24, 2.45) is 0 Å². The summed E-state index contributed by atoms with van der Waals surface area (Å²) in [5.74, 6) is -0.555. The number of anilines is 2. The summed E-state index contributed by atoms with van der Waals surface area (Å²) in [5.41, 5.74) is 3.90. The molecule has 35 heavy (non-hydrogen) atoms. The third-order valence-electron chi connectivity index (χ3n) is 6.34. The Labute approximate surface area is 206 Å². The number of halogens is 1. The van der Waals surface area contributed by atoms with Crippen LogP contribution in [0.3, 0.4) is 0 Å². The van der Waals surface area contributed by atoms with Gasteiger partial charge in [0.2, 0.25) is 5.95 Å². The molecule has 2 aromatic carbocycles. The fourth-order valence-electron chi connectivity index (χ4n) is 4.63. The highest BCUT2D eigenvalue weighted by Crippen LogP contribution is 2.30. The first-order valence-electron chi connectivity index (χ1n) is 11.4. The Kier molecular flexibility index (Phi) is 5.90. The third-order valence-corrected chi connectivity index (χ3v) is 6.55. The molecule has 1 aliphatic heterocycles. The van der Waals surface area contributed by atoms with Gasteiger partial charge in [-0.15, -0.1) is 0 Å². The molecular formula is C26H24ClN5O3. The molecule has 1 aliphatic rings. The van der Waals surface area contributed by atoms with E-state index in [1.165, 1.54) is 17.2 Å². The van der Waals surface area contributed by atoms with Crippen molar-refractivity contribution in [3.63, 3.8) is 0 Å². The maximum absolute atomic E-state index is 13.5. The topological polar surface area (TPSA) is 100 Å². The van der Waals surface area contributed by atoms with Crippen molar-refractivity contribution in [3.05, 3.63) is 92.5 Å². The maximum atomic E-state index is 13.5. The van der Waals surface area contributed by atoms with Gasteiger partial charge in [0.05, 0.1) is 22.6 Å². The van der Waals surface area contributed by atoms with Gasteiger partial charge in [-0.3, -0.25) is 9.36 Å². The normalized spacial score (nSPS) is 13.6. The number of para-hydroxylation sites is 1. The van der Waals surface area contributed by atoms with Crippen molar-refractivity contribution < 1.29 is 9.90 Å². The van der Waals surface area contributed by atoms with E-state index in [2.05, 4.69) is 27.3 Å². The molecule has 0 amide bonds. The second kappa shape index (κ2) is 9.03. The van der Waals surface area contributed by atoms with Gasteiger partial charge in [-0.1, -0.05) is 48.0 Å². The molecule has 1 atom stereocenters. The number of rotatable bonds is 6. The van der Waals surface area contributed by atoms with Gasteiger partial charge in [0.15, 0.2) is 5.69 Å². The Hall–Kier alpha value is -3.91. The van der Waals surface area contributed by atoms with Crippen LogP contribution in [0.15, 0.2) is 59.4 Å². The van der Waals surface area contributed by atoms with E-state index in [0.29, 0.717) is 42.2 Å². The summed E-state index contributed by atoms with van der Waals surface area (Å²) in [6, 6.07) is 16.5. The molecule has 0 fully saturated rings. The van der Waals surface area contributed by atoms with Gasteiger partial charge in [-0.05, 0) is 43.2 Å². The van der Waals surface area contributed by atoms with Crippen molar-refractivity contribution in [3.8, 4) is 0 Å². The number of aromatic carboxylic acids is 1. The maximum Gasteiger partial charge on any atom is 0.356 e. The molecule has 2 N–H and O–H groups in total. The number of nitrogens with zero attached hydrogens (tertiary/aromatic N) is 4. The van der Waals surface area contributed by atoms with Gasteiger partial charge >= 0.3 is 5.97 Å². The van der Waals surface area contributed by atoms with Crippen molar-refractivity contribution in [2.75, 3.05) is 10.2 Å². The largest absolute Gasteiger partial charge is 0.476 e. The second-order valence-corrected chi connectivity index (χ2v) is 8.92. The molecular weight excluding hydrogens is 466 g/mol. The number of nitrogens with one attached hydrogen (secondary N) is 1. The molecule has 9 heteroatoms. The molecule has 0 saturated carbocycles. The summed E-state index contributed by atoms with van der Waals surface area (Å²) in [4.78, 5) is 36.2. The predicted octanol–water partition coefficient (Wildman–Crippen LogP) is 4.86. The van der Waals surface area contributed by atoms with Crippen LogP contribution in [0.4, 0.5) is 11.6 Å². The molecule has 2 aromatic heterocycles. The first kappa shape index (κ1) is 22.9. The summed E-state index contributed by atoms with van der Waals surface area (Å²) >= 11 is 5.90. The van der Waals surface area contributed by atoms with Crippen LogP contribution in [0.5, 0.6) is 0 Å². The van der Waals surface area contributed by atoms with E-state index in [1.807, 2.05) is 38.1 Å². The summed E-state index contributed by atoms with van der Waals surface area (Å²) < 4.78 is 1.71. The van der Waals surface area contributed by atoms with E-state index in [-0.39, 0.29) is 22.4 Å². The summed E-state index contributed by atoms with van der Waals surface area (Å²) in [6.45, 7) is 5.70. The van der Waals surface area contributed by atoms with Crippen molar-refractivity contribution in [1.82, 2.24) is 14.5 Å². The average molecular weight is 490 g/mol. The summed E-state index contributed by atoms with van der Waals surface area (Å²) in [6.07, 6.45) is 0. The Morgan fingerprint density at radius 2 is 1.80 bits per heavy atom. The van der Waals surface area contributed by atoms with Crippen molar-refractivity contribution in [2.45, 2.75) is 39.5 Å². The fourth-order valence-corrected chi connectivity index (χ4v) is 4.78. The SMILES string of the molecule is CCn1c(N2Cc3ccccc3C2)nc2c([C@@H](C)Nc3ccc(Cl)nc3C(=O)O)cccc2c1=O. The number of benzene rings is 2. The Morgan fingerprint density at radius 3 is 2.46 bits per heavy atom. The lowest BCUT2D eigenvalue weighted by atomic mass is 10.0. The van der Waals surface area contributed by atoms with E-state index < -0.39 is 5.97 Å². The summed E-state index contributed by atoms with van der Waals surface area (Å²) in [7, 11) is 0. The number of fused-ring (bicyclic) bond motifs is 2. The van der Waals surface area contributed by atoms with E-state index in [1.54, 1.807) is 16.7 Å². The molecule has 8 nitrogen and oxygen atoms in total. The molecule has 0 spiro atoms. The van der Waals surface area contributed by atoms with E-state index >= 15 is 0 Å². The first-order chi connectivity index (χ1) is 16.9. The Bertz CT molecular complexity index is 1490. The standard InChI is InChI=1S/C26H24ClN5O3/c1-3-32-24(33)19-10-6-9-18(15(2)28-20-11-12-21(27)29-23(20)25(34)35)22(19)30-26(32)31-13-16-7-4-5-8-17(16)14-31/h4-12,15,28H,3,13-14H2,1-2H3,(H,34,35)/t15-/m1/s1. The number of hydrogen-bond acceptors (Lipinski definition) is 6.